The molecule has 0 saturated carbocycles. The molecule has 0 amide bonds. The van der Waals surface area contributed by atoms with Gasteiger partial charge in [-0.3, -0.25) is 0 Å². The second kappa shape index (κ2) is 5.65. The van der Waals surface area contributed by atoms with E-state index in [1.165, 1.54) is 0 Å². The minimum absolute atomic E-state index is 0.328. The fourth-order valence-corrected chi connectivity index (χ4v) is 1.71. The van der Waals surface area contributed by atoms with Gasteiger partial charge in [-0.1, -0.05) is 24.2 Å². The van der Waals surface area contributed by atoms with Crippen LogP contribution in [0.1, 0.15) is 49.0 Å². The summed E-state index contributed by atoms with van der Waals surface area (Å²) in [5, 5.41) is 16.8. The van der Waals surface area contributed by atoms with Gasteiger partial charge in [0.1, 0.15) is 17.3 Å². The summed E-state index contributed by atoms with van der Waals surface area (Å²) in [6.45, 7) is 6.01. The van der Waals surface area contributed by atoms with Crippen LogP contribution < -0.4 is 0 Å². The van der Waals surface area contributed by atoms with Crippen LogP contribution in [0, 0.1) is 24.2 Å². The second-order valence-electron chi connectivity index (χ2n) is 4.89. The first kappa shape index (κ1) is 13.3. The van der Waals surface area contributed by atoms with Gasteiger partial charge in [-0.05, 0) is 19.3 Å². The largest absolute Gasteiger partial charge is 0.360 e. The standard InChI is InChI=1S/C13H16N4O2/c1-8(2)4-5-12-15-13(19-17-12)6-11-10(7-14)9(3)18-16-11/h8H,4-6H2,1-3H3. The van der Waals surface area contributed by atoms with Gasteiger partial charge in [0.15, 0.2) is 11.6 Å². The lowest BCUT2D eigenvalue weighted by Crippen LogP contribution is -1.95. The molecule has 0 fully saturated rings. The molecule has 6 heteroatoms. The summed E-state index contributed by atoms with van der Waals surface area (Å²) in [6, 6.07) is 2.06. The molecule has 2 aromatic heterocycles. The second-order valence-corrected chi connectivity index (χ2v) is 4.89. The van der Waals surface area contributed by atoms with E-state index >= 15 is 0 Å². The number of hydrogen-bond donors (Lipinski definition) is 0. The number of aryl methyl sites for hydroxylation is 2. The van der Waals surface area contributed by atoms with Crippen LogP contribution in [0.5, 0.6) is 0 Å². The van der Waals surface area contributed by atoms with Gasteiger partial charge >= 0.3 is 0 Å². The highest BCUT2D eigenvalue weighted by Crippen LogP contribution is 2.15. The van der Waals surface area contributed by atoms with Crippen LogP contribution in [0.4, 0.5) is 0 Å². The van der Waals surface area contributed by atoms with Crippen molar-refractivity contribution in [3.63, 3.8) is 0 Å². The maximum absolute atomic E-state index is 9.00. The Morgan fingerprint density at radius 3 is 2.74 bits per heavy atom. The molecule has 2 heterocycles. The van der Waals surface area contributed by atoms with Crippen LogP contribution in [0.15, 0.2) is 9.05 Å². The van der Waals surface area contributed by atoms with E-state index in [9.17, 15) is 0 Å². The molecular weight excluding hydrogens is 244 g/mol. The van der Waals surface area contributed by atoms with E-state index in [0.717, 1.165) is 12.8 Å². The molecule has 0 saturated heterocycles. The van der Waals surface area contributed by atoms with E-state index in [1.807, 2.05) is 0 Å². The zero-order valence-electron chi connectivity index (χ0n) is 11.3. The molecule has 0 aliphatic carbocycles. The van der Waals surface area contributed by atoms with Gasteiger partial charge < -0.3 is 9.05 Å². The molecule has 0 aromatic carbocycles. The average Bonchev–Trinajstić information content (AvgIpc) is 2.95. The van der Waals surface area contributed by atoms with E-state index in [4.69, 9.17) is 14.3 Å². The summed E-state index contributed by atoms with van der Waals surface area (Å²) >= 11 is 0. The Morgan fingerprint density at radius 1 is 1.26 bits per heavy atom. The Balaban J connectivity index is 2.06. The summed E-state index contributed by atoms with van der Waals surface area (Å²) in [4.78, 5) is 4.29. The van der Waals surface area contributed by atoms with Crippen molar-refractivity contribution in [3.8, 4) is 6.07 Å². The molecule has 100 valence electrons. The third-order valence-corrected chi connectivity index (χ3v) is 2.82. The fraction of sp³-hybridized carbons (Fsp3) is 0.538. The van der Waals surface area contributed by atoms with Crippen LogP contribution in [-0.2, 0) is 12.8 Å². The van der Waals surface area contributed by atoms with Crippen LogP contribution in [0.3, 0.4) is 0 Å². The van der Waals surface area contributed by atoms with Crippen molar-refractivity contribution in [1.82, 2.24) is 15.3 Å². The van der Waals surface area contributed by atoms with Crippen molar-refractivity contribution < 1.29 is 9.05 Å². The quantitative estimate of drug-likeness (QED) is 0.820. The first-order valence-electron chi connectivity index (χ1n) is 6.27. The lowest BCUT2D eigenvalue weighted by Gasteiger charge is -1.98. The normalized spacial score (nSPS) is 10.9. The van der Waals surface area contributed by atoms with E-state index in [1.54, 1.807) is 6.92 Å². The van der Waals surface area contributed by atoms with E-state index < -0.39 is 0 Å². The Bertz CT molecular complexity index is 592. The van der Waals surface area contributed by atoms with Gasteiger partial charge in [-0.15, -0.1) is 0 Å². The summed E-state index contributed by atoms with van der Waals surface area (Å²) in [7, 11) is 0. The zero-order chi connectivity index (χ0) is 13.8. The van der Waals surface area contributed by atoms with Crippen molar-refractivity contribution in [2.24, 2.45) is 5.92 Å². The third-order valence-electron chi connectivity index (χ3n) is 2.82. The van der Waals surface area contributed by atoms with Crippen molar-refractivity contribution in [2.75, 3.05) is 0 Å². The molecule has 0 aliphatic heterocycles. The molecule has 0 unspecified atom stereocenters. The minimum atomic E-state index is 0.328. The smallest absolute Gasteiger partial charge is 0.232 e. The average molecular weight is 260 g/mol. The van der Waals surface area contributed by atoms with Crippen molar-refractivity contribution in [2.45, 2.75) is 40.0 Å². The summed E-state index contributed by atoms with van der Waals surface area (Å²) in [5.74, 6) is 2.27. The SMILES string of the molecule is Cc1onc(Cc2nc(CCC(C)C)no2)c1C#N. The first-order valence-corrected chi connectivity index (χ1v) is 6.27. The molecule has 2 rings (SSSR count). The summed E-state index contributed by atoms with van der Waals surface area (Å²) in [6.07, 6.45) is 2.14. The number of rotatable bonds is 5. The highest BCUT2D eigenvalue weighted by atomic mass is 16.5. The molecule has 0 bridgehead atoms. The molecule has 0 radical (unpaired) electrons. The van der Waals surface area contributed by atoms with Crippen molar-refractivity contribution in [1.29, 1.82) is 5.26 Å². The first-order chi connectivity index (χ1) is 9.10. The third kappa shape index (κ3) is 3.19. The molecule has 19 heavy (non-hydrogen) atoms. The zero-order valence-corrected chi connectivity index (χ0v) is 11.3. The van der Waals surface area contributed by atoms with Gasteiger partial charge in [-0.25, -0.2) is 0 Å². The predicted molar refractivity (Wildman–Crippen MR) is 66.2 cm³/mol. The van der Waals surface area contributed by atoms with Crippen LogP contribution in [0.2, 0.25) is 0 Å². The lowest BCUT2D eigenvalue weighted by molar-refractivity contribution is 0.367. The highest BCUT2D eigenvalue weighted by molar-refractivity contribution is 5.36. The lowest BCUT2D eigenvalue weighted by atomic mass is 10.1. The number of hydrogen-bond acceptors (Lipinski definition) is 6. The number of nitriles is 1. The number of nitrogens with zero attached hydrogens (tertiary/aromatic N) is 4. The van der Waals surface area contributed by atoms with Crippen LogP contribution >= 0.6 is 0 Å². The number of aromatic nitrogens is 3. The predicted octanol–water partition coefficient (Wildman–Crippen LogP) is 2.42. The summed E-state index contributed by atoms with van der Waals surface area (Å²) < 4.78 is 10.1. The minimum Gasteiger partial charge on any atom is -0.360 e. The van der Waals surface area contributed by atoms with E-state index in [2.05, 4.69) is 35.2 Å². The van der Waals surface area contributed by atoms with Crippen LogP contribution in [-0.4, -0.2) is 15.3 Å². The van der Waals surface area contributed by atoms with E-state index in [0.29, 0.717) is 41.1 Å². The fourth-order valence-electron chi connectivity index (χ4n) is 1.71. The monoisotopic (exact) mass is 260 g/mol. The van der Waals surface area contributed by atoms with Gasteiger partial charge in [0, 0.05) is 6.42 Å². The molecule has 0 N–H and O–H groups in total. The topological polar surface area (TPSA) is 88.7 Å². The van der Waals surface area contributed by atoms with Crippen molar-refractivity contribution in [3.05, 3.63) is 28.7 Å². The maximum Gasteiger partial charge on any atom is 0.232 e. The Labute approximate surface area is 111 Å². The van der Waals surface area contributed by atoms with Crippen LogP contribution in [0.25, 0.3) is 0 Å². The maximum atomic E-state index is 9.00. The Hall–Kier alpha value is -2.16. The van der Waals surface area contributed by atoms with E-state index in [-0.39, 0.29) is 0 Å². The van der Waals surface area contributed by atoms with Gasteiger partial charge in [0.2, 0.25) is 5.89 Å². The molecule has 0 spiro atoms. The molecule has 0 atom stereocenters. The van der Waals surface area contributed by atoms with Gasteiger partial charge in [0.25, 0.3) is 0 Å². The molecule has 6 nitrogen and oxygen atoms in total. The molecule has 2 aromatic rings. The molecule has 0 aliphatic rings. The Kier molecular flexibility index (Phi) is 3.95. The van der Waals surface area contributed by atoms with Gasteiger partial charge in [0.05, 0.1) is 6.42 Å². The van der Waals surface area contributed by atoms with Gasteiger partial charge in [-0.2, -0.15) is 10.2 Å². The Morgan fingerprint density at radius 2 is 2.05 bits per heavy atom. The molecular formula is C13H16N4O2. The highest BCUT2D eigenvalue weighted by Gasteiger charge is 2.16. The summed E-state index contributed by atoms with van der Waals surface area (Å²) in [5.41, 5.74) is 0.987. The van der Waals surface area contributed by atoms with Crippen molar-refractivity contribution >= 4 is 0 Å².